The molecule has 1 aromatic carbocycles. The monoisotopic (exact) mass is 457 g/mol. The molecule has 0 spiro atoms. The highest BCUT2D eigenvalue weighted by Crippen LogP contribution is 2.51. The minimum atomic E-state index is -0.927. The van der Waals surface area contributed by atoms with E-state index in [1.807, 2.05) is 6.20 Å². The van der Waals surface area contributed by atoms with E-state index in [1.54, 1.807) is 7.11 Å². The Bertz CT molecular complexity index is 1140. The van der Waals surface area contributed by atoms with E-state index >= 15 is 4.39 Å². The lowest BCUT2D eigenvalue weighted by molar-refractivity contribution is 0.135. The number of ether oxygens (including phenoxy) is 2. The third kappa shape index (κ3) is 3.40. The molecule has 1 aliphatic carbocycles. The van der Waals surface area contributed by atoms with Crippen molar-refractivity contribution in [3.63, 3.8) is 0 Å². The van der Waals surface area contributed by atoms with Gasteiger partial charge in [0.15, 0.2) is 5.17 Å². The molecule has 0 amide bonds. The molecule has 2 aromatic rings. The predicted octanol–water partition coefficient (Wildman–Crippen LogP) is 4.09. The minimum absolute atomic E-state index is 0.00568. The predicted molar refractivity (Wildman–Crippen MR) is 122 cm³/mol. The number of amidine groups is 1. The summed E-state index contributed by atoms with van der Waals surface area (Å²) in [5, 5.41) is 0.414. The molecule has 3 aliphatic rings. The number of benzene rings is 1. The van der Waals surface area contributed by atoms with Crippen molar-refractivity contribution >= 4 is 22.5 Å². The molecule has 5 nitrogen and oxygen atoms in total. The maximum Gasteiger partial charge on any atom is 0.216 e. The maximum atomic E-state index is 15.1. The normalized spacial score (nSPS) is 27.1. The van der Waals surface area contributed by atoms with Gasteiger partial charge in [-0.15, -0.1) is 0 Å². The number of nitrogens with zero attached hydrogens (tertiary/aromatic N) is 2. The molecule has 8 heteroatoms. The molecule has 0 saturated carbocycles. The van der Waals surface area contributed by atoms with E-state index in [4.69, 9.17) is 20.2 Å². The van der Waals surface area contributed by atoms with Gasteiger partial charge in [-0.05, 0) is 29.2 Å². The number of nitrogens with two attached hydrogens (primary N) is 1. The highest BCUT2D eigenvalue weighted by Gasteiger charge is 2.49. The molecule has 1 aromatic heterocycles. The Morgan fingerprint density at radius 2 is 2.12 bits per heavy atom. The van der Waals surface area contributed by atoms with Crippen LogP contribution < -0.4 is 10.5 Å². The van der Waals surface area contributed by atoms with Crippen LogP contribution in [-0.4, -0.2) is 36.2 Å². The Balaban J connectivity index is 1.71. The van der Waals surface area contributed by atoms with E-state index < -0.39 is 17.2 Å². The van der Waals surface area contributed by atoms with E-state index in [9.17, 15) is 4.39 Å². The summed E-state index contributed by atoms with van der Waals surface area (Å²) < 4.78 is 40.0. The quantitative estimate of drug-likeness (QED) is 0.752. The Morgan fingerprint density at radius 3 is 2.88 bits per heavy atom. The number of hydrogen-bond acceptors (Lipinski definition) is 6. The SMILES string of the molecule is COc1ncc(C2=CCOC[C@@H]2C)c2c1C[C@]1(c3ccc(F)cc3F)N=C(N)SC[C@@H]1C2. The highest BCUT2D eigenvalue weighted by molar-refractivity contribution is 8.13. The first-order valence-electron chi connectivity index (χ1n) is 10.7. The van der Waals surface area contributed by atoms with Crippen LogP contribution in [0.3, 0.4) is 0 Å². The van der Waals surface area contributed by atoms with Gasteiger partial charge < -0.3 is 15.2 Å². The first-order chi connectivity index (χ1) is 15.4. The van der Waals surface area contributed by atoms with Crippen molar-refractivity contribution in [3.8, 4) is 5.88 Å². The van der Waals surface area contributed by atoms with Crippen LogP contribution in [0, 0.1) is 23.5 Å². The van der Waals surface area contributed by atoms with Gasteiger partial charge in [-0.2, -0.15) is 0 Å². The molecule has 3 atom stereocenters. The van der Waals surface area contributed by atoms with E-state index in [1.165, 1.54) is 29.5 Å². The minimum Gasteiger partial charge on any atom is -0.481 e. The molecule has 32 heavy (non-hydrogen) atoms. The highest BCUT2D eigenvalue weighted by atomic mass is 32.2. The topological polar surface area (TPSA) is 69.7 Å². The third-order valence-electron chi connectivity index (χ3n) is 6.79. The molecule has 5 rings (SSSR count). The number of fused-ring (bicyclic) bond motifs is 2. The van der Waals surface area contributed by atoms with Crippen molar-refractivity contribution in [1.29, 1.82) is 0 Å². The van der Waals surface area contributed by atoms with Crippen LogP contribution in [0.5, 0.6) is 5.88 Å². The second-order valence-electron chi connectivity index (χ2n) is 8.62. The number of hydrogen-bond donors (Lipinski definition) is 1. The van der Waals surface area contributed by atoms with Gasteiger partial charge in [0.2, 0.25) is 5.88 Å². The van der Waals surface area contributed by atoms with E-state index in [2.05, 4.69) is 18.0 Å². The van der Waals surface area contributed by atoms with Crippen molar-refractivity contribution in [2.75, 3.05) is 26.1 Å². The first kappa shape index (κ1) is 21.4. The lowest BCUT2D eigenvalue weighted by Gasteiger charge is -2.45. The van der Waals surface area contributed by atoms with Crippen molar-refractivity contribution in [2.45, 2.75) is 25.3 Å². The Kier molecular flexibility index (Phi) is 5.45. The molecular weight excluding hydrogens is 432 g/mol. The molecule has 3 heterocycles. The summed E-state index contributed by atoms with van der Waals surface area (Å²) >= 11 is 1.48. The number of halogens is 2. The summed E-state index contributed by atoms with van der Waals surface area (Å²) in [6.07, 6.45) is 5.06. The summed E-state index contributed by atoms with van der Waals surface area (Å²) in [6.45, 7) is 3.38. The number of methoxy groups -OCH3 is 1. The third-order valence-corrected chi connectivity index (χ3v) is 7.75. The van der Waals surface area contributed by atoms with Crippen molar-refractivity contribution in [2.24, 2.45) is 22.6 Å². The number of pyridine rings is 1. The van der Waals surface area contributed by atoms with E-state index in [-0.39, 0.29) is 11.8 Å². The molecule has 0 unspecified atom stereocenters. The Morgan fingerprint density at radius 1 is 1.28 bits per heavy atom. The van der Waals surface area contributed by atoms with Crippen LogP contribution in [-0.2, 0) is 23.1 Å². The molecular formula is C24H25F2N3O2S. The van der Waals surface area contributed by atoms with Gasteiger partial charge in [-0.3, -0.25) is 4.99 Å². The lowest BCUT2D eigenvalue weighted by Crippen LogP contribution is -2.47. The van der Waals surface area contributed by atoms with Gasteiger partial charge in [0.1, 0.15) is 11.6 Å². The van der Waals surface area contributed by atoms with Gasteiger partial charge in [-0.1, -0.05) is 30.8 Å². The van der Waals surface area contributed by atoms with Crippen molar-refractivity contribution < 1.29 is 18.3 Å². The largest absolute Gasteiger partial charge is 0.481 e. The summed E-state index contributed by atoms with van der Waals surface area (Å²) in [6, 6.07) is 3.71. The second-order valence-corrected chi connectivity index (χ2v) is 9.66. The summed E-state index contributed by atoms with van der Waals surface area (Å²) in [5.41, 5.74) is 9.97. The first-order valence-corrected chi connectivity index (χ1v) is 11.7. The number of thioether (sulfide) groups is 1. The zero-order valence-electron chi connectivity index (χ0n) is 18.0. The Labute approximate surface area is 190 Å². The van der Waals surface area contributed by atoms with Gasteiger partial charge in [-0.25, -0.2) is 13.8 Å². The zero-order valence-corrected chi connectivity index (χ0v) is 18.8. The van der Waals surface area contributed by atoms with Gasteiger partial charge >= 0.3 is 0 Å². The van der Waals surface area contributed by atoms with Gasteiger partial charge in [0.05, 0.1) is 25.9 Å². The van der Waals surface area contributed by atoms with Crippen molar-refractivity contribution in [3.05, 3.63) is 64.4 Å². The average molecular weight is 458 g/mol. The zero-order chi connectivity index (χ0) is 22.5. The fraction of sp³-hybridized carbons (Fsp3) is 0.417. The van der Waals surface area contributed by atoms with Crippen LogP contribution in [0.4, 0.5) is 8.78 Å². The molecule has 0 bridgehead atoms. The number of rotatable bonds is 3. The lowest BCUT2D eigenvalue weighted by atomic mass is 9.66. The fourth-order valence-electron chi connectivity index (χ4n) is 5.26. The van der Waals surface area contributed by atoms with Gasteiger partial charge in [0.25, 0.3) is 0 Å². The average Bonchev–Trinajstić information content (AvgIpc) is 2.77. The summed E-state index contributed by atoms with van der Waals surface area (Å²) in [4.78, 5) is 9.40. The summed E-state index contributed by atoms with van der Waals surface area (Å²) in [5.74, 6) is 0.238. The van der Waals surface area contributed by atoms with Crippen LogP contribution >= 0.6 is 11.8 Å². The van der Waals surface area contributed by atoms with Crippen LogP contribution in [0.15, 0.2) is 35.5 Å². The van der Waals surface area contributed by atoms with E-state index in [0.29, 0.717) is 48.4 Å². The second kappa shape index (κ2) is 8.15. The number of aromatic nitrogens is 1. The fourth-order valence-corrected chi connectivity index (χ4v) is 6.25. The Hall–Kier alpha value is -2.45. The number of aliphatic imine (C=N–C) groups is 1. The van der Waals surface area contributed by atoms with Gasteiger partial charge in [0, 0.05) is 47.4 Å². The van der Waals surface area contributed by atoms with Crippen LogP contribution in [0.2, 0.25) is 0 Å². The van der Waals surface area contributed by atoms with E-state index in [0.717, 1.165) is 22.8 Å². The van der Waals surface area contributed by atoms with Crippen LogP contribution in [0.1, 0.15) is 29.2 Å². The molecule has 2 N–H and O–H groups in total. The molecule has 0 fully saturated rings. The molecule has 0 saturated heterocycles. The molecule has 0 radical (unpaired) electrons. The summed E-state index contributed by atoms with van der Waals surface area (Å²) in [7, 11) is 1.59. The van der Waals surface area contributed by atoms with Crippen LogP contribution in [0.25, 0.3) is 5.57 Å². The molecule has 168 valence electrons. The molecule has 2 aliphatic heterocycles. The smallest absolute Gasteiger partial charge is 0.216 e. The standard InChI is InChI=1S/C24H25F2N3O2S/c1-13-11-31-6-5-16(13)19-10-28-22(30-2)18-9-24(20-4-3-15(25)8-21(20)26)14(7-17(18)19)12-32-23(27)29-24/h3-5,8,10,13-14H,6-7,9,11-12H2,1-2H3,(H2,27,29)/t13-,14-,24-/m0/s1. The maximum absolute atomic E-state index is 15.1. The van der Waals surface area contributed by atoms with Crippen molar-refractivity contribution in [1.82, 2.24) is 4.98 Å².